The first kappa shape index (κ1) is 14.0. The van der Waals surface area contributed by atoms with E-state index in [0.29, 0.717) is 16.3 Å². The fourth-order valence-electron chi connectivity index (χ4n) is 1.56. The van der Waals surface area contributed by atoms with Crippen molar-refractivity contribution in [2.45, 2.75) is 10.6 Å². The Morgan fingerprint density at radius 1 is 1.16 bits per heavy atom. The largest absolute Gasteiger partial charge is 0.398 e. The van der Waals surface area contributed by atoms with Crippen molar-refractivity contribution >= 4 is 28.1 Å². The molecule has 0 saturated carbocycles. The molecule has 0 aliphatic carbocycles. The van der Waals surface area contributed by atoms with Gasteiger partial charge in [0.1, 0.15) is 11.6 Å². The van der Waals surface area contributed by atoms with Gasteiger partial charge in [0.05, 0.1) is 32.2 Å². The van der Waals surface area contributed by atoms with E-state index in [2.05, 4.69) is 0 Å². The van der Waals surface area contributed by atoms with Gasteiger partial charge in [0.25, 0.3) is 0 Å². The Labute approximate surface area is 116 Å². The van der Waals surface area contributed by atoms with Crippen LogP contribution in [0.25, 0.3) is 0 Å². The van der Waals surface area contributed by atoms with Gasteiger partial charge in [-0.3, -0.25) is 4.21 Å². The first-order valence-corrected chi connectivity index (χ1v) is 7.04. The van der Waals surface area contributed by atoms with E-state index in [-0.39, 0.29) is 10.6 Å². The molecule has 0 spiro atoms. The van der Waals surface area contributed by atoms with Crippen molar-refractivity contribution in [3.63, 3.8) is 0 Å². The molecular formula is C13H10ClF2NOS. The molecule has 1 unspecified atom stereocenters. The van der Waals surface area contributed by atoms with Gasteiger partial charge in [-0.05, 0) is 35.9 Å². The van der Waals surface area contributed by atoms with Gasteiger partial charge in [-0.1, -0.05) is 17.7 Å². The van der Waals surface area contributed by atoms with Gasteiger partial charge >= 0.3 is 0 Å². The van der Waals surface area contributed by atoms with Crippen LogP contribution in [0.4, 0.5) is 14.5 Å². The topological polar surface area (TPSA) is 43.1 Å². The normalized spacial score (nSPS) is 12.4. The molecule has 2 rings (SSSR count). The van der Waals surface area contributed by atoms with Crippen LogP contribution in [-0.2, 0) is 16.6 Å². The SMILES string of the molecule is Nc1cc(CS(=O)c2cc(F)ccc2F)ccc1Cl. The van der Waals surface area contributed by atoms with Crippen molar-refractivity contribution in [1.29, 1.82) is 0 Å². The number of hydrogen-bond donors (Lipinski definition) is 1. The molecule has 1 atom stereocenters. The highest BCUT2D eigenvalue weighted by Gasteiger charge is 2.12. The van der Waals surface area contributed by atoms with Crippen LogP contribution in [0.2, 0.25) is 5.02 Å². The Kier molecular flexibility index (Phi) is 4.17. The molecule has 0 radical (unpaired) electrons. The quantitative estimate of drug-likeness (QED) is 0.882. The van der Waals surface area contributed by atoms with Crippen molar-refractivity contribution in [3.05, 3.63) is 58.6 Å². The molecule has 0 saturated heterocycles. The second-order valence-electron chi connectivity index (χ2n) is 3.92. The smallest absolute Gasteiger partial charge is 0.139 e. The fourth-order valence-corrected chi connectivity index (χ4v) is 2.85. The standard InChI is InChI=1S/C13H10ClF2NOS/c14-10-3-1-8(5-12(10)17)7-19(18)13-6-9(15)2-4-11(13)16/h1-6H,7,17H2. The number of anilines is 1. The minimum Gasteiger partial charge on any atom is -0.398 e. The van der Waals surface area contributed by atoms with Crippen molar-refractivity contribution in [1.82, 2.24) is 0 Å². The summed E-state index contributed by atoms with van der Waals surface area (Å²) >= 11 is 5.77. The van der Waals surface area contributed by atoms with E-state index in [1.54, 1.807) is 18.2 Å². The van der Waals surface area contributed by atoms with Crippen LogP contribution in [0.5, 0.6) is 0 Å². The minimum absolute atomic E-state index is 0.0434. The predicted molar refractivity (Wildman–Crippen MR) is 72.3 cm³/mol. The second-order valence-corrected chi connectivity index (χ2v) is 5.75. The van der Waals surface area contributed by atoms with Crippen LogP contribution in [-0.4, -0.2) is 4.21 Å². The molecular weight excluding hydrogens is 292 g/mol. The molecule has 0 heterocycles. The molecule has 0 aliphatic rings. The predicted octanol–water partition coefficient (Wildman–Crippen LogP) is 3.51. The molecule has 2 nitrogen and oxygen atoms in total. The maximum absolute atomic E-state index is 13.5. The Morgan fingerprint density at radius 2 is 1.89 bits per heavy atom. The van der Waals surface area contributed by atoms with Crippen molar-refractivity contribution in [2.75, 3.05) is 5.73 Å². The lowest BCUT2D eigenvalue weighted by Gasteiger charge is -2.06. The first-order valence-electron chi connectivity index (χ1n) is 5.34. The molecule has 0 aromatic heterocycles. The lowest BCUT2D eigenvalue weighted by Crippen LogP contribution is -2.01. The highest BCUT2D eigenvalue weighted by molar-refractivity contribution is 7.84. The van der Waals surface area contributed by atoms with Gasteiger partial charge in [-0.15, -0.1) is 0 Å². The molecule has 2 N–H and O–H groups in total. The van der Waals surface area contributed by atoms with E-state index in [1.165, 1.54) is 0 Å². The van der Waals surface area contributed by atoms with Crippen LogP contribution in [0, 0.1) is 11.6 Å². The lowest BCUT2D eigenvalue weighted by molar-refractivity contribution is 0.572. The number of nitrogen functional groups attached to an aromatic ring is 1. The zero-order valence-corrected chi connectivity index (χ0v) is 11.3. The Morgan fingerprint density at radius 3 is 2.58 bits per heavy atom. The summed E-state index contributed by atoms with van der Waals surface area (Å²) < 4.78 is 38.5. The average molecular weight is 302 g/mol. The summed E-state index contributed by atoms with van der Waals surface area (Å²) in [6, 6.07) is 7.66. The van der Waals surface area contributed by atoms with E-state index in [4.69, 9.17) is 17.3 Å². The summed E-state index contributed by atoms with van der Waals surface area (Å²) in [6.07, 6.45) is 0. The van der Waals surface area contributed by atoms with Crippen LogP contribution >= 0.6 is 11.6 Å². The zero-order valence-electron chi connectivity index (χ0n) is 9.70. The van der Waals surface area contributed by atoms with E-state index < -0.39 is 22.4 Å². The average Bonchev–Trinajstić information content (AvgIpc) is 2.36. The molecule has 100 valence electrons. The summed E-state index contributed by atoms with van der Waals surface area (Å²) in [6.45, 7) is 0. The number of rotatable bonds is 3. The second kappa shape index (κ2) is 5.67. The van der Waals surface area contributed by atoms with Gasteiger partial charge in [0.2, 0.25) is 0 Å². The number of halogens is 3. The number of hydrogen-bond acceptors (Lipinski definition) is 2. The van der Waals surface area contributed by atoms with E-state index >= 15 is 0 Å². The molecule has 2 aromatic carbocycles. The summed E-state index contributed by atoms with van der Waals surface area (Å²) in [5.74, 6) is -1.27. The van der Waals surface area contributed by atoms with Crippen LogP contribution in [0.3, 0.4) is 0 Å². The molecule has 19 heavy (non-hydrogen) atoms. The molecule has 2 aromatic rings. The van der Waals surface area contributed by atoms with Gasteiger partial charge in [-0.25, -0.2) is 8.78 Å². The molecule has 0 aliphatic heterocycles. The Balaban J connectivity index is 2.25. The zero-order chi connectivity index (χ0) is 14.0. The van der Waals surface area contributed by atoms with Gasteiger partial charge in [0, 0.05) is 0 Å². The van der Waals surface area contributed by atoms with Gasteiger partial charge in [0.15, 0.2) is 0 Å². The monoisotopic (exact) mass is 301 g/mol. The maximum Gasteiger partial charge on any atom is 0.139 e. The first-order chi connectivity index (χ1) is 8.97. The molecule has 0 amide bonds. The van der Waals surface area contributed by atoms with Crippen LogP contribution < -0.4 is 5.73 Å². The van der Waals surface area contributed by atoms with Crippen molar-refractivity contribution in [3.8, 4) is 0 Å². The summed E-state index contributed by atoms with van der Waals surface area (Å²) in [4.78, 5) is -0.159. The van der Waals surface area contributed by atoms with Crippen LogP contribution in [0.1, 0.15) is 5.56 Å². The Bertz CT molecular complexity index is 649. The molecule has 6 heteroatoms. The molecule has 0 bridgehead atoms. The minimum atomic E-state index is -1.68. The summed E-state index contributed by atoms with van der Waals surface area (Å²) in [7, 11) is -1.68. The third-order valence-corrected chi connectivity index (χ3v) is 4.24. The van der Waals surface area contributed by atoms with Crippen LogP contribution in [0.15, 0.2) is 41.3 Å². The number of nitrogens with two attached hydrogens (primary N) is 1. The molecule has 0 fully saturated rings. The van der Waals surface area contributed by atoms with E-state index in [9.17, 15) is 13.0 Å². The third kappa shape index (κ3) is 3.30. The lowest BCUT2D eigenvalue weighted by atomic mass is 10.2. The highest BCUT2D eigenvalue weighted by Crippen LogP contribution is 2.22. The summed E-state index contributed by atoms with van der Waals surface area (Å²) in [5, 5.41) is 0.395. The summed E-state index contributed by atoms with van der Waals surface area (Å²) in [5.41, 5.74) is 6.62. The Hall–Kier alpha value is -1.46. The van der Waals surface area contributed by atoms with Gasteiger partial charge in [-0.2, -0.15) is 0 Å². The number of benzene rings is 2. The van der Waals surface area contributed by atoms with E-state index in [0.717, 1.165) is 18.2 Å². The van der Waals surface area contributed by atoms with E-state index in [1.807, 2.05) is 0 Å². The van der Waals surface area contributed by atoms with Crippen molar-refractivity contribution in [2.24, 2.45) is 0 Å². The van der Waals surface area contributed by atoms with Gasteiger partial charge < -0.3 is 5.73 Å². The highest BCUT2D eigenvalue weighted by atomic mass is 35.5. The maximum atomic E-state index is 13.5. The fraction of sp³-hybridized carbons (Fsp3) is 0.0769. The van der Waals surface area contributed by atoms with Crippen molar-refractivity contribution < 1.29 is 13.0 Å². The third-order valence-electron chi connectivity index (χ3n) is 2.50.